The number of hydrogen-bond donors (Lipinski definition) is 3. The molecule has 0 unspecified atom stereocenters. The highest BCUT2D eigenvalue weighted by molar-refractivity contribution is 5.97. The number of rotatable bonds is 8. The van der Waals surface area contributed by atoms with E-state index in [9.17, 15) is 14.4 Å². The molecule has 3 aromatic rings. The second kappa shape index (κ2) is 10.0. The van der Waals surface area contributed by atoms with Crippen molar-refractivity contribution in [1.29, 1.82) is 0 Å². The molecule has 0 saturated heterocycles. The first-order valence-electron chi connectivity index (χ1n) is 9.58. The van der Waals surface area contributed by atoms with Gasteiger partial charge in [-0.1, -0.05) is 78.9 Å². The lowest BCUT2D eigenvalue weighted by atomic mass is 9.84. The van der Waals surface area contributed by atoms with Crippen LogP contribution in [0, 0.1) is 0 Å². The van der Waals surface area contributed by atoms with Gasteiger partial charge in [0, 0.05) is 11.5 Å². The van der Waals surface area contributed by atoms with Crippen LogP contribution >= 0.6 is 0 Å². The number of carbonyl (C=O) groups is 3. The van der Waals surface area contributed by atoms with Crippen LogP contribution in [0.1, 0.15) is 27.4 Å². The normalized spacial score (nSPS) is 11.5. The zero-order chi connectivity index (χ0) is 21.3. The van der Waals surface area contributed by atoms with Gasteiger partial charge in [-0.05, 0) is 23.3 Å². The van der Waals surface area contributed by atoms with Crippen molar-refractivity contribution >= 4 is 17.7 Å². The zero-order valence-electron chi connectivity index (χ0n) is 16.3. The van der Waals surface area contributed by atoms with E-state index in [1.165, 1.54) is 0 Å². The molecular formula is C24H23N3O3. The Labute approximate surface area is 175 Å². The first-order chi connectivity index (χ1) is 14.6. The number of primary amides is 1. The molecule has 152 valence electrons. The average Bonchev–Trinajstić information content (AvgIpc) is 2.79. The topological polar surface area (TPSA) is 101 Å². The summed E-state index contributed by atoms with van der Waals surface area (Å²) in [6.07, 6.45) is 0. The predicted octanol–water partition coefficient (Wildman–Crippen LogP) is 2.22. The maximum Gasteiger partial charge on any atom is 0.251 e. The van der Waals surface area contributed by atoms with Crippen molar-refractivity contribution < 1.29 is 14.4 Å². The largest absolute Gasteiger partial charge is 0.368 e. The maximum absolute atomic E-state index is 12.5. The molecule has 3 aromatic carbocycles. The third kappa shape index (κ3) is 5.32. The number of nitrogens with two attached hydrogens (primary N) is 1. The summed E-state index contributed by atoms with van der Waals surface area (Å²) in [5.74, 6) is -1.99. The quantitative estimate of drug-likeness (QED) is 0.539. The minimum Gasteiger partial charge on any atom is -0.368 e. The molecule has 30 heavy (non-hydrogen) atoms. The van der Waals surface area contributed by atoms with Crippen LogP contribution in [0.3, 0.4) is 0 Å². The highest BCUT2D eigenvalue weighted by Gasteiger charge is 2.30. The molecule has 0 bridgehead atoms. The van der Waals surface area contributed by atoms with E-state index >= 15 is 0 Å². The molecule has 0 heterocycles. The van der Waals surface area contributed by atoms with Crippen LogP contribution in [0.5, 0.6) is 0 Å². The first-order valence-corrected chi connectivity index (χ1v) is 9.58. The zero-order valence-corrected chi connectivity index (χ0v) is 16.3. The van der Waals surface area contributed by atoms with Crippen LogP contribution in [-0.2, 0) is 9.59 Å². The third-order valence-electron chi connectivity index (χ3n) is 4.72. The van der Waals surface area contributed by atoms with Gasteiger partial charge in [0.1, 0.15) is 6.04 Å². The summed E-state index contributed by atoms with van der Waals surface area (Å²) in [5, 5.41) is 5.25. The Balaban J connectivity index is 1.76. The van der Waals surface area contributed by atoms with E-state index < -0.39 is 23.8 Å². The molecule has 0 aliphatic rings. The molecule has 0 saturated carbocycles. The van der Waals surface area contributed by atoms with Crippen LogP contribution in [0.4, 0.5) is 0 Å². The average molecular weight is 401 g/mol. The van der Waals surface area contributed by atoms with Gasteiger partial charge in [-0.15, -0.1) is 0 Å². The number of hydrogen-bond acceptors (Lipinski definition) is 3. The van der Waals surface area contributed by atoms with Crippen LogP contribution < -0.4 is 16.4 Å². The SMILES string of the molecule is NC(=O)[C@H](NC(=O)CNC(=O)c1ccccc1)C(c1ccccc1)c1ccccc1. The predicted molar refractivity (Wildman–Crippen MR) is 115 cm³/mol. The van der Waals surface area contributed by atoms with E-state index in [1.807, 2.05) is 60.7 Å². The minimum atomic E-state index is -0.976. The van der Waals surface area contributed by atoms with Crippen molar-refractivity contribution in [2.45, 2.75) is 12.0 Å². The molecule has 0 radical (unpaired) electrons. The summed E-state index contributed by atoms with van der Waals surface area (Å²) in [6, 6.07) is 26.4. The van der Waals surface area contributed by atoms with Crippen molar-refractivity contribution in [3.8, 4) is 0 Å². The Hall–Kier alpha value is -3.93. The van der Waals surface area contributed by atoms with E-state index in [4.69, 9.17) is 5.73 Å². The van der Waals surface area contributed by atoms with Crippen LogP contribution in [0.15, 0.2) is 91.0 Å². The van der Waals surface area contributed by atoms with Crippen LogP contribution in [0.25, 0.3) is 0 Å². The lowest BCUT2D eigenvalue weighted by Crippen LogP contribution is -2.51. The lowest BCUT2D eigenvalue weighted by molar-refractivity contribution is -0.127. The van der Waals surface area contributed by atoms with Crippen molar-refractivity contribution in [3.05, 3.63) is 108 Å². The molecular weight excluding hydrogens is 378 g/mol. The maximum atomic E-state index is 12.5. The molecule has 0 aromatic heterocycles. The molecule has 6 heteroatoms. The Kier molecular flexibility index (Phi) is 6.95. The lowest BCUT2D eigenvalue weighted by Gasteiger charge is -2.27. The van der Waals surface area contributed by atoms with Gasteiger partial charge < -0.3 is 16.4 Å². The van der Waals surface area contributed by atoms with Gasteiger partial charge in [-0.25, -0.2) is 0 Å². The van der Waals surface area contributed by atoms with Crippen molar-refractivity contribution in [2.24, 2.45) is 5.73 Å². The molecule has 0 aliphatic heterocycles. The molecule has 0 fully saturated rings. The smallest absolute Gasteiger partial charge is 0.251 e. The summed E-state index contributed by atoms with van der Waals surface area (Å²) < 4.78 is 0. The fourth-order valence-corrected chi connectivity index (χ4v) is 3.29. The standard InChI is InChI=1S/C24H23N3O3/c25-23(29)22(27-20(28)16-26-24(30)19-14-8-3-9-15-19)21(17-10-4-1-5-11-17)18-12-6-2-7-13-18/h1-15,21-22H,16H2,(H2,25,29)(H,26,30)(H,27,28)/t22-/m1/s1. The van der Waals surface area contributed by atoms with Gasteiger partial charge in [0.25, 0.3) is 5.91 Å². The van der Waals surface area contributed by atoms with Crippen molar-refractivity contribution in [1.82, 2.24) is 10.6 Å². The molecule has 6 nitrogen and oxygen atoms in total. The molecule has 0 spiro atoms. The highest BCUT2D eigenvalue weighted by Crippen LogP contribution is 2.28. The van der Waals surface area contributed by atoms with Crippen molar-refractivity contribution in [2.75, 3.05) is 6.54 Å². The summed E-state index contributed by atoms with van der Waals surface area (Å²) in [4.78, 5) is 37.0. The van der Waals surface area contributed by atoms with Gasteiger partial charge >= 0.3 is 0 Å². The van der Waals surface area contributed by atoms with E-state index in [-0.39, 0.29) is 12.5 Å². The molecule has 4 N–H and O–H groups in total. The third-order valence-corrected chi connectivity index (χ3v) is 4.72. The number of nitrogens with one attached hydrogen (secondary N) is 2. The van der Waals surface area contributed by atoms with Crippen LogP contribution in [0.2, 0.25) is 0 Å². The van der Waals surface area contributed by atoms with Gasteiger partial charge in [0.05, 0.1) is 6.54 Å². The van der Waals surface area contributed by atoms with E-state index in [1.54, 1.807) is 30.3 Å². The fourth-order valence-electron chi connectivity index (χ4n) is 3.29. The summed E-state index contributed by atoms with van der Waals surface area (Å²) >= 11 is 0. The molecule has 1 atom stereocenters. The van der Waals surface area contributed by atoms with Gasteiger partial charge in [0.15, 0.2) is 0 Å². The summed E-state index contributed by atoms with van der Waals surface area (Å²) in [6.45, 7) is -0.270. The second-order valence-corrected chi connectivity index (χ2v) is 6.80. The summed E-state index contributed by atoms with van der Waals surface area (Å²) in [7, 11) is 0. The Morgan fingerprint density at radius 2 is 1.20 bits per heavy atom. The first kappa shape index (κ1) is 20.8. The highest BCUT2D eigenvalue weighted by atomic mass is 16.2. The van der Waals surface area contributed by atoms with Gasteiger partial charge in [0.2, 0.25) is 11.8 Å². The molecule has 3 rings (SSSR count). The van der Waals surface area contributed by atoms with Crippen molar-refractivity contribution in [3.63, 3.8) is 0 Å². The monoisotopic (exact) mass is 401 g/mol. The van der Waals surface area contributed by atoms with E-state index in [0.717, 1.165) is 11.1 Å². The number of benzene rings is 3. The molecule has 0 aliphatic carbocycles. The second-order valence-electron chi connectivity index (χ2n) is 6.80. The molecule has 3 amide bonds. The Morgan fingerprint density at radius 3 is 1.67 bits per heavy atom. The van der Waals surface area contributed by atoms with Gasteiger partial charge in [-0.2, -0.15) is 0 Å². The Morgan fingerprint density at radius 1 is 0.733 bits per heavy atom. The Bertz CT molecular complexity index is 952. The van der Waals surface area contributed by atoms with E-state index in [0.29, 0.717) is 5.56 Å². The van der Waals surface area contributed by atoms with Gasteiger partial charge in [-0.3, -0.25) is 14.4 Å². The van der Waals surface area contributed by atoms with Crippen LogP contribution in [-0.4, -0.2) is 30.3 Å². The number of amides is 3. The summed E-state index contributed by atoms with van der Waals surface area (Å²) in [5.41, 5.74) is 7.81. The number of carbonyl (C=O) groups excluding carboxylic acids is 3. The van der Waals surface area contributed by atoms with E-state index in [2.05, 4.69) is 10.6 Å². The fraction of sp³-hybridized carbons (Fsp3) is 0.125. The minimum absolute atomic E-state index is 0.270.